The van der Waals surface area contributed by atoms with Crippen molar-refractivity contribution in [3.05, 3.63) is 42.1 Å². The minimum Gasteiger partial charge on any atom is -0.497 e. The zero-order valence-corrected chi connectivity index (χ0v) is 12.9. The molecule has 0 unspecified atom stereocenters. The molecule has 0 aliphatic carbocycles. The number of hydrogen-bond acceptors (Lipinski definition) is 5. The number of ether oxygens (including phenoxy) is 1. The smallest absolute Gasteiger partial charge is 0.229 e. The number of nitrogens with one attached hydrogen (secondary N) is 1. The lowest BCUT2D eigenvalue weighted by Crippen LogP contribution is -2.28. The van der Waals surface area contributed by atoms with Crippen LogP contribution < -0.4 is 15.0 Å². The molecular weight excluding hydrogens is 276 g/mol. The summed E-state index contributed by atoms with van der Waals surface area (Å²) in [6, 6.07) is 7.72. The topological polar surface area (TPSA) is 50.3 Å². The molecule has 1 aromatic heterocycles. The van der Waals surface area contributed by atoms with Gasteiger partial charge in [-0.05, 0) is 30.7 Å². The average molecular weight is 296 g/mol. The molecule has 2 aromatic rings. The molecule has 5 nitrogen and oxygen atoms in total. The lowest BCUT2D eigenvalue weighted by molar-refractivity contribution is 0.415. The van der Waals surface area contributed by atoms with Crippen LogP contribution in [0.25, 0.3) is 6.08 Å². The highest BCUT2D eigenvalue weighted by molar-refractivity contribution is 5.69. The van der Waals surface area contributed by atoms with Crippen molar-refractivity contribution in [2.75, 3.05) is 30.4 Å². The number of fused-ring (bicyclic) bond motifs is 1. The maximum absolute atomic E-state index is 5.16. The van der Waals surface area contributed by atoms with Gasteiger partial charge in [0.1, 0.15) is 11.6 Å². The zero-order chi connectivity index (χ0) is 15.4. The summed E-state index contributed by atoms with van der Waals surface area (Å²) in [5, 5.41) is 3.24. The number of nitrogens with zero attached hydrogens (tertiary/aromatic N) is 3. The quantitative estimate of drug-likeness (QED) is 0.915. The SMILES string of the molecule is CCCN1CC=Cc2cnc(Nc3ccc(OC)cc3)nc21. The Kier molecular flexibility index (Phi) is 4.23. The van der Waals surface area contributed by atoms with Crippen LogP contribution >= 0.6 is 0 Å². The maximum Gasteiger partial charge on any atom is 0.229 e. The van der Waals surface area contributed by atoms with Crippen molar-refractivity contribution in [1.82, 2.24) is 9.97 Å². The Bertz CT molecular complexity index is 667. The first kappa shape index (κ1) is 14.4. The first-order chi connectivity index (χ1) is 10.8. The molecule has 0 saturated heterocycles. The molecule has 1 aromatic carbocycles. The van der Waals surface area contributed by atoms with E-state index in [1.165, 1.54) is 0 Å². The molecule has 22 heavy (non-hydrogen) atoms. The van der Waals surface area contributed by atoms with Gasteiger partial charge in [0.05, 0.1) is 7.11 Å². The molecule has 0 atom stereocenters. The first-order valence-electron chi connectivity index (χ1n) is 7.49. The molecule has 0 amide bonds. The summed E-state index contributed by atoms with van der Waals surface area (Å²) in [5.74, 6) is 2.44. The van der Waals surface area contributed by atoms with Crippen molar-refractivity contribution in [1.29, 1.82) is 0 Å². The van der Waals surface area contributed by atoms with Crippen LogP contribution in [0.4, 0.5) is 17.5 Å². The van der Waals surface area contributed by atoms with Gasteiger partial charge in [0, 0.05) is 30.5 Å². The van der Waals surface area contributed by atoms with Gasteiger partial charge in [-0.1, -0.05) is 19.1 Å². The second kappa shape index (κ2) is 6.47. The van der Waals surface area contributed by atoms with Crippen molar-refractivity contribution in [3.63, 3.8) is 0 Å². The van der Waals surface area contributed by atoms with Gasteiger partial charge in [-0.2, -0.15) is 4.98 Å². The third-order valence-electron chi connectivity index (χ3n) is 3.56. The van der Waals surface area contributed by atoms with E-state index in [-0.39, 0.29) is 0 Å². The van der Waals surface area contributed by atoms with Gasteiger partial charge in [-0.25, -0.2) is 4.98 Å². The van der Waals surface area contributed by atoms with Crippen LogP contribution in [0.3, 0.4) is 0 Å². The summed E-state index contributed by atoms with van der Waals surface area (Å²) >= 11 is 0. The second-order valence-electron chi connectivity index (χ2n) is 5.17. The number of hydrogen-bond donors (Lipinski definition) is 1. The van der Waals surface area contributed by atoms with Crippen LogP contribution in [0.5, 0.6) is 5.75 Å². The molecule has 1 N–H and O–H groups in total. The molecule has 0 bridgehead atoms. The summed E-state index contributed by atoms with van der Waals surface area (Å²) in [7, 11) is 1.66. The van der Waals surface area contributed by atoms with Gasteiger partial charge in [0.25, 0.3) is 0 Å². The average Bonchev–Trinajstić information content (AvgIpc) is 2.56. The summed E-state index contributed by atoms with van der Waals surface area (Å²) in [6.07, 6.45) is 7.20. The molecular formula is C17H20N4O. The normalized spacial score (nSPS) is 12.9. The Balaban J connectivity index is 1.82. The van der Waals surface area contributed by atoms with E-state index in [0.29, 0.717) is 5.95 Å². The van der Waals surface area contributed by atoms with E-state index in [9.17, 15) is 0 Å². The number of benzene rings is 1. The van der Waals surface area contributed by atoms with E-state index >= 15 is 0 Å². The van der Waals surface area contributed by atoms with Crippen molar-refractivity contribution in [2.45, 2.75) is 13.3 Å². The summed E-state index contributed by atoms with van der Waals surface area (Å²) in [5.41, 5.74) is 2.01. The van der Waals surface area contributed by atoms with Crippen LogP contribution in [0.1, 0.15) is 18.9 Å². The molecule has 114 valence electrons. The van der Waals surface area contributed by atoms with Crippen LogP contribution in [-0.4, -0.2) is 30.2 Å². The molecule has 3 rings (SSSR count). The Morgan fingerprint density at radius 3 is 2.82 bits per heavy atom. The Morgan fingerprint density at radius 2 is 2.09 bits per heavy atom. The lowest BCUT2D eigenvalue weighted by atomic mass is 10.2. The van der Waals surface area contributed by atoms with Gasteiger partial charge in [0.2, 0.25) is 5.95 Å². The largest absolute Gasteiger partial charge is 0.497 e. The van der Waals surface area contributed by atoms with Crippen LogP contribution in [-0.2, 0) is 0 Å². The molecule has 2 heterocycles. The van der Waals surface area contributed by atoms with Gasteiger partial charge in [0.15, 0.2) is 0 Å². The summed E-state index contributed by atoms with van der Waals surface area (Å²) in [6.45, 7) is 4.08. The van der Waals surface area contributed by atoms with Crippen LogP contribution in [0, 0.1) is 0 Å². The first-order valence-corrected chi connectivity index (χ1v) is 7.49. The van der Waals surface area contributed by atoms with E-state index in [4.69, 9.17) is 4.74 Å². The number of anilines is 3. The standard InChI is InChI=1S/C17H20N4O/c1-3-10-21-11-4-5-13-12-18-17(20-16(13)21)19-14-6-8-15(22-2)9-7-14/h4-9,12H,3,10-11H2,1-2H3,(H,18,19,20). The fourth-order valence-electron chi connectivity index (χ4n) is 2.48. The summed E-state index contributed by atoms with van der Waals surface area (Å²) < 4.78 is 5.16. The highest BCUT2D eigenvalue weighted by atomic mass is 16.5. The Morgan fingerprint density at radius 1 is 1.27 bits per heavy atom. The van der Waals surface area contributed by atoms with Gasteiger partial charge in [-0.3, -0.25) is 0 Å². The van der Waals surface area contributed by atoms with Gasteiger partial charge >= 0.3 is 0 Å². The lowest BCUT2D eigenvalue weighted by Gasteiger charge is -2.26. The predicted molar refractivity (Wildman–Crippen MR) is 89.8 cm³/mol. The molecule has 1 aliphatic heterocycles. The number of rotatable bonds is 5. The Labute approximate surface area is 130 Å². The van der Waals surface area contributed by atoms with Gasteiger partial charge < -0.3 is 15.0 Å². The second-order valence-corrected chi connectivity index (χ2v) is 5.17. The number of methoxy groups -OCH3 is 1. The monoisotopic (exact) mass is 296 g/mol. The van der Waals surface area contributed by atoms with Gasteiger partial charge in [-0.15, -0.1) is 0 Å². The highest BCUT2D eigenvalue weighted by Crippen LogP contribution is 2.25. The van der Waals surface area contributed by atoms with Crippen molar-refractivity contribution in [2.24, 2.45) is 0 Å². The van der Waals surface area contributed by atoms with E-state index in [1.807, 2.05) is 30.5 Å². The predicted octanol–water partition coefficient (Wildman–Crippen LogP) is 3.47. The van der Waals surface area contributed by atoms with Crippen LogP contribution in [0.15, 0.2) is 36.5 Å². The zero-order valence-electron chi connectivity index (χ0n) is 12.9. The van der Waals surface area contributed by atoms with Crippen molar-refractivity contribution >= 4 is 23.5 Å². The highest BCUT2D eigenvalue weighted by Gasteiger charge is 2.15. The Hall–Kier alpha value is -2.56. The third-order valence-corrected chi connectivity index (χ3v) is 3.56. The molecule has 0 fully saturated rings. The van der Waals surface area contributed by atoms with Crippen molar-refractivity contribution in [3.8, 4) is 5.75 Å². The third kappa shape index (κ3) is 3.03. The van der Waals surface area contributed by atoms with Crippen LogP contribution in [0.2, 0.25) is 0 Å². The fraction of sp³-hybridized carbons (Fsp3) is 0.294. The van der Waals surface area contributed by atoms with Crippen molar-refractivity contribution < 1.29 is 4.74 Å². The van der Waals surface area contributed by atoms with E-state index < -0.39 is 0 Å². The van der Waals surface area contributed by atoms with E-state index in [2.05, 4.69) is 39.3 Å². The molecule has 5 heteroatoms. The molecule has 0 radical (unpaired) electrons. The molecule has 0 saturated carbocycles. The van der Waals surface area contributed by atoms with E-state index in [0.717, 1.165) is 42.3 Å². The van der Waals surface area contributed by atoms with E-state index in [1.54, 1.807) is 7.11 Å². The minimum atomic E-state index is 0.611. The summed E-state index contributed by atoms with van der Waals surface area (Å²) in [4.78, 5) is 11.3. The molecule has 1 aliphatic rings. The number of aromatic nitrogens is 2. The minimum absolute atomic E-state index is 0.611. The maximum atomic E-state index is 5.16. The molecule has 0 spiro atoms. The fourth-order valence-corrected chi connectivity index (χ4v) is 2.48.